The molecule has 5 N–H and O–H groups in total. The van der Waals surface area contributed by atoms with Crippen LogP contribution in [-0.2, 0) is 11.3 Å². The number of carbonyl (C=O) groups excluding carboxylic acids is 1. The van der Waals surface area contributed by atoms with Crippen LogP contribution in [0.4, 0.5) is 0 Å². The van der Waals surface area contributed by atoms with E-state index in [-0.39, 0.29) is 6.42 Å². The largest absolute Gasteiger partial charge is 0.390 e. The lowest BCUT2D eigenvalue weighted by Crippen LogP contribution is -2.25. The summed E-state index contributed by atoms with van der Waals surface area (Å²) >= 11 is 0. The number of aliphatic hydroxyl groups excluding tert-OH is 2. The zero-order valence-corrected chi connectivity index (χ0v) is 9.76. The second kappa shape index (κ2) is 6.34. The van der Waals surface area contributed by atoms with Crippen LogP contribution in [0, 0.1) is 0 Å². The predicted molar refractivity (Wildman–Crippen MR) is 64.0 cm³/mol. The zero-order chi connectivity index (χ0) is 12.8. The van der Waals surface area contributed by atoms with E-state index in [0.717, 1.165) is 5.56 Å². The first-order valence-electron chi connectivity index (χ1n) is 5.42. The van der Waals surface area contributed by atoms with Crippen molar-refractivity contribution in [1.29, 1.82) is 0 Å². The Morgan fingerprint density at radius 1 is 1.47 bits per heavy atom. The minimum atomic E-state index is -1.17. The zero-order valence-electron chi connectivity index (χ0n) is 9.76. The summed E-state index contributed by atoms with van der Waals surface area (Å²) in [6, 6.07) is 7.19. The van der Waals surface area contributed by atoms with Crippen LogP contribution in [0.3, 0.4) is 0 Å². The summed E-state index contributed by atoms with van der Waals surface area (Å²) in [5.41, 5.74) is 6.54. The third kappa shape index (κ3) is 4.14. The van der Waals surface area contributed by atoms with Crippen molar-refractivity contribution in [2.45, 2.75) is 25.2 Å². The summed E-state index contributed by atoms with van der Waals surface area (Å²) < 4.78 is 0. The maximum absolute atomic E-state index is 10.7. The molecule has 0 aliphatic carbocycles. The normalized spacial score (nSPS) is 14.3. The van der Waals surface area contributed by atoms with Gasteiger partial charge in [0.25, 0.3) is 0 Å². The molecule has 0 aliphatic heterocycles. The topological polar surface area (TPSA) is 95.6 Å². The Bertz CT molecular complexity index is 382. The van der Waals surface area contributed by atoms with Crippen LogP contribution in [0.1, 0.15) is 23.7 Å². The van der Waals surface area contributed by atoms with Gasteiger partial charge >= 0.3 is 0 Å². The molecule has 2 atom stereocenters. The van der Waals surface area contributed by atoms with Crippen LogP contribution >= 0.6 is 0 Å². The molecule has 1 aromatic rings. The van der Waals surface area contributed by atoms with Gasteiger partial charge in [0.2, 0.25) is 5.91 Å². The third-order valence-corrected chi connectivity index (χ3v) is 2.45. The monoisotopic (exact) mass is 238 g/mol. The molecule has 94 valence electrons. The van der Waals surface area contributed by atoms with E-state index >= 15 is 0 Å². The van der Waals surface area contributed by atoms with Crippen LogP contribution < -0.4 is 11.1 Å². The number of rotatable bonds is 6. The highest BCUT2D eigenvalue weighted by Gasteiger charge is 2.20. The lowest BCUT2D eigenvalue weighted by atomic mass is 10.00. The van der Waals surface area contributed by atoms with Gasteiger partial charge < -0.3 is 21.3 Å². The molecule has 0 radical (unpaired) electrons. The van der Waals surface area contributed by atoms with E-state index < -0.39 is 18.1 Å². The number of nitrogens with one attached hydrogen (secondary N) is 1. The maximum Gasteiger partial charge on any atom is 0.220 e. The van der Waals surface area contributed by atoms with Crippen molar-refractivity contribution in [3.05, 3.63) is 35.4 Å². The molecule has 0 saturated heterocycles. The number of benzene rings is 1. The van der Waals surface area contributed by atoms with Gasteiger partial charge in [-0.3, -0.25) is 4.79 Å². The van der Waals surface area contributed by atoms with E-state index in [9.17, 15) is 15.0 Å². The molecule has 17 heavy (non-hydrogen) atoms. The van der Waals surface area contributed by atoms with Gasteiger partial charge in [-0.2, -0.15) is 0 Å². The molecule has 5 heteroatoms. The first kappa shape index (κ1) is 13.6. The summed E-state index contributed by atoms with van der Waals surface area (Å²) in [5, 5.41) is 22.4. The fourth-order valence-electron chi connectivity index (χ4n) is 1.63. The predicted octanol–water partition coefficient (Wildman–Crippen LogP) is -0.324. The highest BCUT2D eigenvalue weighted by Crippen LogP contribution is 2.19. The molecular weight excluding hydrogens is 220 g/mol. The van der Waals surface area contributed by atoms with Crippen LogP contribution in [0.15, 0.2) is 24.3 Å². The summed E-state index contributed by atoms with van der Waals surface area (Å²) in [6.45, 7) is 0.673. The minimum Gasteiger partial charge on any atom is -0.390 e. The van der Waals surface area contributed by atoms with E-state index in [1.807, 2.05) is 13.1 Å². The molecule has 1 amide bonds. The van der Waals surface area contributed by atoms with E-state index in [1.54, 1.807) is 18.2 Å². The van der Waals surface area contributed by atoms with Crippen molar-refractivity contribution >= 4 is 5.91 Å². The Hall–Kier alpha value is -1.43. The number of primary amides is 1. The SMILES string of the molecule is CNCc1cccc(C(O)C(O)CC(N)=O)c1. The average Bonchev–Trinajstić information content (AvgIpc) is 2.28. The number of nitrogens with two attached hydrogens (primary N) is 1. The van der Waals surface area contributed by atoms with Crippen molar-refractivity contribution in [3.8, 4) is 0 Å². The second-order valence-corrected chi connectivity index (χ2v) is 3.96. The van der Waals surface area contributed by atoms with E-state index in [2.05, 4.69) is 5.32 Å². The van der Waals surface area contributed by atoms with Crippen molar-refractivity contribution < 1.29 is 15.0 Å². The van der Waals surface area contributed by atoms with Gasteiger partial charge in [0.05, 0.1) is 12.5 Å². The summed E-state index contributed by atoms with van der Waals surface area (Å²) in [7, 11) is 1.82. The molecule has 0 aliphatic rings. The number of hydrogen-bond acceptors (Lipinski definition) is 4. The van der Waals surface area contributed by atoms with Gasteiger partial charge in [0.1, 0.15) is 6.10 Å². The average molecular weight is 238 g/mol. The van der Waals surface area contributed by atoms with Crippen molar-refractivity contribution in [2.24, 2.45) is 5.73 Å². The molecule has 0 fully saturated rings. The fraction of sp³-hybridized carbons (Fsp3) is 0.417. The van der Waals surface area contributed by atoms with Crippen molar-refractivity contribution in [1.82, 2.24) is 5.32 Å². The fourth-order valence-corrected chi connectivity index (χ4v) is 1.63. The van der Waals surface area contributed by atoms with E-state index in [4.69, 9.17) is 5.73 Å². The highest BCUT2D eigenvalue weighted by atomic mass is 16.3. The first-order chi connectivity index (χ1) is 8.04. The number of aliphatic hydroxyl groups is 2. The minimum absolute atomic E-state index is 0.253. The Morgan fingerprint density at radius 2 is 2.18 bits per heavy atom. The Morgan fingerprint density at radius 3 is 2.76 bits per heavy atom. The van der Waals surface area contributed by atoms with Crippen LogP contribution in [-0.4, -0.2) is 29.3 Å². The smallest absolute Gasteiger partial charge is 0.220 e. The molecule has 2 unspecified atom stereocenters. The van der Waals surface area contributed by atoms with Gasteiger partial charge in [0.15, 0.2) is 0 Å². The third-order valence-electron chi connectivity index (χ3n) is 2.45. The Labute approximate surface area is 100 Å². The second-order valence-electron chi connectivity index (χ2n) is 3.96. The summed E-state index contributed by atoms with van der Waals surface area (Å²) in [5.74, 6) is -0.636. The van der Waals surface area contributed by atoms with Gasteiger partial charge in [-0.05, 0) is 18.2 Å². The molecule has 5 nitrogen and oxygen atoms in total. The number of carbonyl (C=O) groups is 1. The Balaban J connectivity index is 2.76. The molecule has 0 aromatic heterocycles. The van der Waals surface area contributed by atoms with E-state index in [0.29, 0.717) is 12.1 Å². The molecule has 1 aromatic carbocycles. The lowest BCUT2D eigenvalue weighted by molar-refractivity contribution is -0.121. The summed E-state index contributed by atoms with van der Waals surface area (Å²) in [6.07, 6.45) is -2.52. The standard InChI is InChI=1S/C12H18N2O3/c1-14-7-8-3-2-4-9(5-8)12(17)10(15)6-11(13)16/h2-5,10,12,14-15,17H,6-7H2,1H3,(H2,13,16). The van der Waals surface area contributed by atoms with Crippen molar-refractivity contribution in [2.75, 3.05) is 7.05 Å². The Kier molecular flexibility index (Phi) is 5.09. The lowest BCUT2D eigenvalue weighted by Gasteiger charge is -2.17. The molecule has 1 rings (SSSR count). The molecular formula is C12H18N2O3. The maximum atomic E-state index is 10.7. The van der Waals surface area contributed by atoms with Gasteiger partial charge in [-0.1, -0.05) is 24.3 Å². The van der Waals surface area contributed by atoms with Crippen LogP contribution in [0.2, 0.25) is 0 Å². The van der Waals surface area contributed by atoms with Crippen LogP contribution in [0.25, 0.3) is 0 Å². The number of amides is 1. The van der Waals surface area contributed by atoms with Crippen molar-refractivity contribution in [3.63, 3.8) is 0 Å². The van der Waals surface area contributed by atoms with Gasteiger partial charge in [0, 0.05) is 6.54 Å². The first-order valence-corrected chi connectivity index (χ1v) is 5.42. The molecule has 0 bridgehead atoms. The van der Waals surface area contributed by atoms with E-state index in [1.165, 1.54) is 0 Å². The number of hydrogen-bond donors (Lipinski definition) is 4. The quantitative estimate of drug-likeness (QED) is 0.546. The molecule has 0 spiro atoms. The van der Waals surface area contributed by atoms with Crippen LogP contribution in [0.5, 0.6) is 0 Å². The highest BCUT2D eigenvalue weighted by molar-refractivity contribution is 5.74. The molecule has 0 heterocycles. The van der Waals surface area contributed by atoms with Gasteiger partial charge in [-0.15, -0.1) is 0 Å². The van der Waals surface area contributed by atoms with Gasteiger partial charge in [-0.25, -0.2) is 0 Å². The molecule has 0 saturated carbocycles. The summed E-state index contributed by atoms with van der Waals surface area (Å²) in [4.78, 5) is 10.7.